The van der Waals surface area contributed by atoms with E-state index in [0.29, 0.717) is 19.0 Å². The van der Waals surface area contributed by atoms with E-state index in [-0.39, 0.29) is 0 Å². The van der Waals surface area contributed by atoms with E-state index >= 15 is 0 Å². The largest absolute Gasteiger partial charge is 0.860 e. The van der Waals surface area contributed by atoms with Gasteiger partial charge in [0.05, 0.1) is 12.4 Å². The van der Waals surface area contributed by atoms with Gasteiger partial charge >= 0.3 is 0 Å². The summed E-state index contributed by atoms with van der Waals surface area (Å²) in [6.45, 7) is 7.06. The van der Waals surface area contributed by atoms with Gasteiger partial charge in [-0.1, -0.05) is 0 Å². The molecule has 5 nitrogen and oxygen atoms in total. The summed E-state index contributed by atoms with van der Waals surface area (Å²) in [6.07, 6.45) is 0. The summed E-state index contributed by atoms with van der Waals surface area (Å²) < 4.78 is 9.84. The SMILES string of the molecule is CCOCCN(CC)c1ccc(OB([O-])[O-])cc1. The van der Waals surface area contributed by atoms with Crippen LogP contribution in [0, 0.1) is 0 Å². The number of benzene rings is 1. The minimum atomic E-state index is -2.28. The number of hydrogen-bond donors (Lipinski definition) is 0. The molecule has 100 valence electrons. The molecular weight excluding hydrogens is 233 g/mol. The summed E-state index contributed by atoms with van der Waals surface area (Å²) in [5.74, 6) is 0.301. The molecule has 0 radical (unpaired) electrons. The first-order valence-corrected chi connectivity index (χ1v) is 6.08. The van der Waals surface area contributed by atoms with Crippen LogP contribution in [-0.2, 0) is 4.74 Å². The van der Waals surface area contributed by atoms with Gasteiger partial charge in [0.1, 0.15) is 7.32 Å². The van der Waals surface area contributed by atoms with Crippen molar-refractivity contribution in [3.05, 3.63) is 24.3 Å². The molecule has 1 aromatic rings. The Hall–Kier alpha value is -1.24. The van der Waals surface area contributed by atoms with Crippen LogP contribution in [0.2, 0.25) is 0 Å². The van der Waals surface area contributed by atoms with Gasteiger partial charge in [0, 0.05) is 25.4 Å². The lowest BCUT2D eigenvalue weighted by atomic mass is 10.2. The van der Waals surface area contributed by atoms with E-state index in [1.54, 1.807) is 12.1 Å². The zero-order valence-corrected chi connectivity index (χ0v) is 10.8. The summed E-state index contributed by atoms with van der Waals surface area (Å²) in [5, 5.41) is 20.7. The molecule has 0 aliphatic rings. The molecule has 0 saturated heterocycles. The van der Waals surface area contributed by atoms with Gasteiger partial charge in [-0.05, 0) is 38.1 Å². The highest BCUT2D eigenvalue weighted by atomic mass is 16.6. The molecule has 0 saturated carbocycles. The number of likely N-dealkylation sites (N-methyl/N-ethyl adjacent to an activating group) is 1. The normalized spacial score (nSPS) is 10.2. The van der Waals surface area contributed by atoms with Crippen LogP contribution in [-0.4, -0.2) is 33.6 Å². The van der Waals surface area contributed by atoms with Crippen molar-refractivity contribution in [1.82, 2.24) is 0 Å². The average molecular weight is 251 g/mol. The Kier molecular flexibility index (Phi) is 6.56. The van der Waals surface area contributed by atoms with E-state index < -0.39 is 7.32 Å². The second-order valence-electron chi connectivity index (χ2n) is 3.68. The van der Waals surface area contributed by atoms with Gasteiger partial charge in [0.2, 0.25) is 0 Å². The summed E-state index contributed by atoms with van der Waals surface area (Å²) in [5.41, 5.74) is 1.01. The van der Waals surface area contributed by atoms with Crippen molar-refractivity contribution in [3.8, 4) is 5.75 Å². The summed E-state index contributed by atoms with van der Waals surface area (Å²) in [7, 11) is -2.28. The van der Waals surface area contributed by atoms with Gasteiger partial charge < -0.3 is 24.3 Å². The lowest BCUT2D eigenvalue weighted by Gasteiger charge is -2.27. The number of ether oxygens (including phenoxy) is 1. The van der Waals surface area contributed by atoms with Crippen molar-refractivity contribution in [2.24, 2.45) is 0 Å². The first kappa shape index (κ1) is 14.8. The average Bonchev–Trinajstić information content (AvgIpc) is 2.35. The molecule has 0 bridgehead atoms. The molecule has 0 atom stereocenters. The summed E-state index contributed by atoms with van der Waals surface area (Å²) in [4.78, 5) is 2.14. The summed E-state index contributed by atoms with van der Waals surface area (Å²) in [6, 6.07) is 6.91. The number of nitrogens with zero attached hydrogens (tertiary/aromatic N) is 1. The Balaban J connectivity index is 2.57. The zero-order chi connectivity index (χ0) is 13.4. The van der Waals surface area contributed by atoms with Gasteiger partial charge in [-0.25, -0.2) is 0 Å². The minimum absolute atomic E-state index is 0.301. The predicted octanol–water partition coefficient (Wildman–Crippen LogP) is -0.366. The van der Waals surface area contributed by atoms with Gasteiger partial charge in [0.25, 0.3) is 0 Å². The molecule has 0 aliphatic heterocycles. The maximum absolute atomic E-state index is 10.3. The Bertz CT molecular complexity index is 331. The van der Waals surface area contributed by atoms with Crippen LogP contribution in [0.15, 0.2) is 24.3 Å². The zero-order valence-electron chi connectivity index (χ0n) is 10.8. The molecular formula is C12H18BNO4-2. The van der Waals surface area contributed by atoms with Crippen LogP contribution in [0.4, 0.5) is 5.69 Å². The van der Waals surface area contributed by atoms with Crippen LogP contribution in [0.3, 0.4) is 0 Å². The number of hydrogen-bond acceptors (Lipinski definition) is 5. The lowest BCUT2D eigenvalue weighted by Crippen LogP contribution is -2.50. The van der Waals surface area contributed by atoms with Crippen molar-refractivity contribution >= 4 is 13.0 Å². The molecule has 6 heteroatoms. The van der Waals surface area contributed by atoms with E-state index in [9.17, 15) is 10.0 Å². The maximum Gasteiger partial charge on any atom is 0.133 e. The minimum Gasteiger partial charge on any atom is -0.860 e. The van der Waals surface area contributed by atoms with E-state index in [1.165, 1.54) is 0 Å². The molecule has 0 heterocycles. The highest BCUT2D eigenvalue weighted by molar-refractivity contribution is 6.29. The molecule has 0 N–H and O–H groups in total. The Labute approximate surface area is 108 Å². The van der Waals surface area contributed by atoms with Gasteiger partial charge in [-0.2, -0.15) is 0 Å². The molecule has 0 aromatic heterocycles. The van der Waals surface area contributed by atoms with Gasteiger partial charge in [-0.15, -0.1) is 0 Å². The van der Waals surface area contributed by atoms with Crippen molar-refractivity contribution in [3.63, 3.8) is 0 Å². The smallest absolute Gasteiger partial charge is 0.133 e. The molecule has 1 rings (SSSR count). The van der Waals surface area contributed by atoms with E-state index in [4.69, 9.17) is 4.74 Å². The van der Waals surface area contributed by atoms with Crippen molar-refractivity contribution in [2.75, 3.05) is 31.2 Å². The fourth-order valence-electron chi connectivity index (χ4n) is 1.64. The molecule has 1 aromatic carbocycles. The Morgan fingerprint density at radius 3 is 2.33 bits per heavy atom. The molecule has 0 amide bonds. The summed E-state index contributed by atoms with van der Waals surface area (Å²) >= 11 is 0. The maximum atomic E-state index is 10.3. The Morgan fingerprint density at radius 2 is 1.83 bits per heavy atom. The van der Waals surface area contributed by atoms with Gasteiger partial charge in [0.15, 0.2) is 0 Å². The van der Waals surface area contributed by atoms with E-state index in [0.717, 1.165) is 18.8 Å². The second kappa shape index (κ2) is 7.97. The standard InChI is InChI=1S/C12H18BNO4/c1-3-14(9-10-17-4-2)11-5-7-12(8-6-11)18-13(15)16/h5-8H,3-4,9-10H2,1-2H3/q-2. The molecule has 0 unspecified atom stereocenters. The monoisotopic (exact) mass is 251 g/mol. The fraction of sp³-hybridized carbons (Fsp3) is 0.500. The van der Waals surface area contributed by atoms with Crippen LogP contribution in [0.25, 0.3) is 0 Å². The highest BCUT2D eigenvalue weighted by Gasteiger charge is 2.03. The molecule has 0 aliphatic carbocycles. The van der Waals surface area contributed by atoms with Crippen LogP contribution >= 0.6 is 0 Å². The third kappa shape index (κ3) is 4.95. The number of rotatable bonds is 8. The van der Waals surface area contributed by atoms with Crippen molar-refractivity contribution in [2.45, 2.75) is 13.8 Å². The van der Waals surface area contributed by atoms with Crippen LogP contribution in [0.5, 0.6) is 5.75 Å². The first-order chi connectivity index (χ1) is 8.67. The fourth-order valence-corrected chi connectivity index (χ4v) is 1.64. The van der Waals surface area contributed by atoms with Crippen LogP contribution < -0.4 is 19.6 Å². The quantitative estimate of drug-likeness (QED) is 0.466. The molecule has 18 heavy (non-hydrogen) atoms. The number of anilines is 1. The lowest BCUT2D eigenvalue weighted by molar-refractivity contribution is -0.372. The van der Waals surface area contributed by atoms with E-state index in [2.05, 4.69) is 16.5 Å². The third-order valence-corrected chi connectivity index (χ3v) is 2.53. The molecule has 0 spiro atoms. The van der Waals surface area contributed by atoms with Crippen molar-refractivity contribution in [1.29, 1.82) is 0 Å². The first-order valence-electron chi connectivity index (χ1n) is 6.08. The topological polar surface area (TPSA) is 67.8 Å². The predicted molar refractivity (Wildman–Crippen MR) is 67.2 cm³/mol. The van der Waals surface area contributed by atoms with E-state index in [1.807, 2.05) is 19.1 Å². The third-order valence-electron chi connectivity index (χ3n) is 2.53. The highest BCUT2D eigenvalue weighted by Crippen LogP contribution is 2.19. The second-order valence-corrected chi connectivity index (χ2v) is 3.68. The molecule has 0 fully saturated rings. The Morgan fingerprint density at radius 1 is 1.17 bits per heavy atom. The van der Waals surface area contributed by atoms with Gasteiger partial charge in [-0.3, -0.25) is 0 Å². The van der Waals surface area contributed by atoms with Crippen LogP contribution in [0.1, 0.15) is 13.8 Å². The van der Waals surface area contributed by atoms with Crippen molar-refractivity contribution < 1.29 is 19.4 Å².